The molecule has 0 aromatic heterocycles. The molecule has 1 N–H and O–H groups in total. The first-order valence-electron chi connectivity index (χ1n) is 7.04. The van der Waals surface area contributed by atoms with Crippen molar-refractivity contribution in [3.8, 4) is 0 Å². The highest BCUT2D eigenvalue weighted by molar-refractivity contribution is 8.13. The van der Waals surface area contributed by atoms with Crippen LogP contribution in [-0.2, 0) is 4.79 Å². The Morgan fingerprint density at radius 2 is 2.26 bits per heavy atom. The lowest BCUT2D eigenvalue weighted by Crippen LogP contribution is -2.38. The van der Waals surface area contributed by atoms with E-state index >= 15 is 0 Å². The van der Waals surface area contributed by atoms with E-state index in [1.54, 1.807) is 4.90 Å². The lowest BCUT2D eigenvalue weighted by molar-refractivity contribution is -0.132. The van der Waals surface area contributed by atoms with Crippen LogP contribution < -0.4 is 0 Å². The van der Waals surface area contributed by atoms with Gasteiger partial charge >= 0.3 is 0 Å². The van der Waals surface area contributed by atoms with Crippen LogP contribution in [0.4, 0.5) is 4.79 Å². The van der Waals surface area contributed by atoms with Gasteiger partial charge in [-0.25, -0.2) is 0 Å². The zero-order valence-electron chi connectivity index (χ0n) is 11.2. The molecule has 2 heterocycles. The molecule has 5 nitrogen and oxygen atoms in total. The van der Waals surface area contributed by atoms with Crippen molar-refractivity contribution in [1.82, 2.24) is 9.80 Å². The number of carbonyl (C=O) groups is 2. The second kappa shape index (κ2) is 7.14. The third-order valence-electron chi connectivity index (χ3n) is 3.83. The van der Waals surface area contributed by atoms with Crippen molar-refractivity contribution in [3.63, 3.8) is 0 Å². The van der Waals surface area contributed by atoms with Crippen molar-refractivity contribution >= 4 is 22.9 Å². The maximum absolute atomic E-state index is 12.2. The molecule has 0 aromatic carbocycles. The molecule has 6 heteroatoms. The summed E-state index contributed by atoms with van der Waals surface area (Å²) in [7, 11) is 0. The monoisotopic (exact) mass is 286 g/mol. The topological polar surface area (TPSA) is 60.9 Å². The molecule has 19 heavy (non-hydrogen) atoms. The van der Waals surface area contributed by atoms with Gasteiger partial charge in [0.1, 0.15) is 0 Å². The molecule has 2 saturated heterocycles. The molecule has 0 saturated carbocycles. The first-order valence-corrected chi connectivity index (χ1v) is 8.03. The van der Waals surface area contributed by atoms with Crippen molar-refractivity contribution in [3.05, 3.63) is 0 Å². The Kier molecular flexibility index (Phi) is 5.51. The Labute approximate surface area is 118 Å². The first kappa shape index (κ1) is 14.7. The molecule has 2 aliphatic heterocycles. The van der Waals surface area contributed by atoms with Crippen LogP contribution >= 0.6 is 11.8 Å². The maximum Gasteiger partial charge on any atom is 0.281 e. The Morgan fingerprint density at radius 3 is 2.95 bits per heavy atom. The minimum absolute atomic E-state index is 0.103. The van der Waals surface area contributed by atoms with Crippen molar-refractivity contribution in [2.24, 2.45) is 0 Å². The van der Waals surface area contributed by atoms with Gasteiger partial charge < -0.3 is 14.9 Å². The van der Waals surface area contributed by atoms with Gasteiger partial charge in [0, 0.05) is 44.5 Å². The van der Waals surface area contributed by atoms with Gasteiger partial charge in [0.05, 0.1) is 0 Å². The number of likely N-dealkylation sites (tertiary alicyclic amines) is 1. The van der Waals surface area contributed by atoms with E-state index in [0.717, 1.165) is 44.5 Å². The van der Waals surface area contributed by atoms with Crippen LogP contribution in [0.5, 0.6) is 0 Å². The summed E-state index contributed by atoms with van der Waals surface area (Å²) in [4.78, 5) is 27.4. The van der Waals surface area contributed by atoms with Crippen LogP contribution in [0.1, 0.15) is 32.1 Å². The van der Waals surface area contributed by atoms with Gasteiger partial charge in [-0.1, -0.05) is 11.8 Å². The van der Waals surface area contributed by atoms with E-state index in [2.05, 4.69) is 0 Å². The predicted molar refractivity (Wildman–Crippen MR) is 75.1 cm³/mol. The molecule has 2 rings (SSSR count). The van der Waals surface area contributed by atoms with Crippen LogP contribution in [0.15, 0.2) is 0 Å². The van der Waals surface area contributed by atoms with E-state index in [1.807, 2.05) is 4.90 Å². The largest absolute Gasteiger partial charge is 0.396 e. The van der Waals surface area contributed by atoms with E-state index in [9.17, 15) is 9.59 Å². The fourth-order valence-electron chi connectivity index (χ4n) is 2.79. The highest BCUT2D eigenvalue weighted by Crippen LogP contribution is 2.23. The fourth-order valence-corrected chi connectivity index (χ4v) is 3.65. The maximum atomic E-state index is 12.2. The number of thioether (sulfide) groups is 1. The second-order valence-electron chi connectivity index (χ2n) is 5.10. The molecular formula is C13H22N2O3S. The van der Waals surface area contributed by atoms with Crippen LogP contribution in [0.2, 0.25) is 0 Å². The third kappa shape index (κ3) is 3.86. The summed E-state index contributed by atoms with van der Waals surface area (Å²) < 4.78 is 0. The average Bonchev–Trinajstić information content (AvgIpc) is 3.02. The summed E-state index contributed by atoms with van der Waals surface area (Å²) in [6.45, 7) is 2.34. The number of aliphatic hydroxyl groups is 1. The van der Waals surface area contributed by atoms with E-state index in [0.29, 0.717) is 19.0 Å². The number of nitrogens with zero attached hydrogens (tertiary/aromatic N) is 2. The fraction of sp³-hybridized carbons (Fsp3) is 0.846. The minimum atomic E-state index is 0.103. The molecule has 0 aromatic rings. The van der Waals surface area contributed by atoms with Gasteiger partial charge in [0.25, 0.3) is 5.24 Å². The Bertz CT molecular complexity index is 338. The summed E-state index contributed by atoms with van der Waals surface area (Å²) in [5.74, 6) is 1.00. The predicted octanol–water partition coefficient (Wildman–Crippen LogP) is 1.31. The highest BCUT2D eigenvalue weighted by atomic mass is 32.2. The average molecular weight is 286 g/mol. The molecule has 2 fully saturated rings. The summed E-state index contributed by atoms with van der Waals surface area (Å²) >= 11 is 1.34. The molecule has 1 unspecified atom stereocenters. The number of hydrogen-bond donors (Lipinski definition) is 1. The molecule has 0 radical (unpaired) electrons. The van der Waals surface area contributed by atoms with E-state index < -0.39 is 0 Å². The van der Waals surface area contributed by atoms with E-state index in [-0.39, 0.29) is 17.8 Å². The SMILES string of the molecule is O=C1SCCN1CCC(=O)N1CCCC1CCCO. The number of hydrogen-bond acceptors (Lipinski definition) is 4. The highest BCUT2D eigenvalue weighted by Gasteiger charge is 2.29. The third-order valence-corrected chi connectivity index (χ3v) is 4.73. The molecule has 2 aliphatic rings. The van der Waals surface area contributed by atoms with Crippen molar-refractivity contribution in [1.29, 1.82) is 0 Å². The number of aliphatic hydroxyl groups excluding tert-OH is 1. The van der Waals surface area contributed by atoms with Crippen LogP contribution in [0.3, 0.4) is 0 Å². The number of amides is 2. The van der Waals surface area contributed by atoms with Gasteiger partial charge in [-0.2, -0.15) is 0 Å². The van der Waals surface area contributed by atoms with Crippen LogP contribution in [-0.4, -0.2) is 64.1 Å². The quantitative estimate of drug-likeness (QED) is 0.800. The summed E-state index contributed by atoms with van der Waals surface area (Å²) in [5.41, 5.74) is 0. The molecule has 0 bridgehead atoms. The second-order valence-corrected chi connectivity index (χ2v) is 6.15. The molecule has 1 atom stereocenters. The van der Waals surface area contributed by atoms with Crippen LogP contribution in [0.25, 0.3) is 0 Å². The number of rotatable bonds is 6. The summed E-state index contributed by atoms with van der Waals surface area (Å²) in [6.07, 6.45) is 4.18. The Morgan fingerprint density at radius 1 is 1.42 bits per heavy atom. The minimum Gasteiger partial charge on any atom is -0.396 e. The molecular weight excluding hydrogens is 264 g/mol. The van der Waals surface area contributed by atoms with Gasteiger partial charge in [-0.05, 0) is 25.7 Å². The molecule has 0 aliphatic carbocycles. The smallest absolute Gasteiger partial charge is 0.281 e. The van der Waals surface area contributed by atoms with Gasteiger partial charge in [-0.3, -0.25) is 9.59 Å². The number of carbonyl (C=O) groups excluding carboxylic acids is 2. The Hall–Kier alpha value is -0.750. The van der Waals surface area contributed by atoms with Gasteiger partial charge in [0.2, 0.25) is 5.91 Å². The van der Waals surface area contributed by atoms with Gasteiger partial charge in [-0.15, -0.1) is 0 Å². The lowest BCUT2D eigenvalue weighted by atomic mass is 10.1. The molecule has 0 spiro atoms. The van der Waals surface area contributed by atoms with Gasteiger partial charge in [0.15, 0.2) is 0 Å². The Balaban J connectivity index is 1.76. The zero-order chi connectivity index (χ0) is 13.7. The van der Waals surface area contributed by atoms with Crippen LogP contribution in [0, 0.1) is 0 Å². The van der Waals surface area contributed by atoms with E-state index in [1.165, 1.54) is 11.8 Å². The summed E-state index contributed by atoms with van der Waals surface area (Å²) in [5, 5.41) is 8.98. The van der Waals surface area contributed by atoms with Crippen molar-refractivity contribution < 1.29 is 14.7 Å². The summed E-state index contributed by atoms with van der Waals surface area (Å²) in [6, 6.07) is 0.295. The normalized spacial score (nSPS) is 23.4. The van der Waals surface area contributed by atoms with Crippen molar-refractivity contribution in [2.45, 2.75) is 38.1 Å². The van der Waals surface area contributed by atoms with E-state index in [4.69, 9.17) is 5.11 Å². The standard InChI is InChI=1S/C13H22N2O3S/c16-9-2-4-11-3-1-6-15(11)12(17)5-7-14-8-10-19-13(14)18/h11,16H,1-10H2. The molecule has 2 amide bonds. The lowest BCUT2D eigenvalue weighted by Gasteiger charge is -2.25. The first-order chi connectivity index (χ1) is 9.22. The zero-order valence-corrected chi connectivity index (χ0v) is 12.0. The molecule has 108 valence electrons. The van der Waals surface area contributed by atoms with Crippen molar-refractivity contribution in [2.75, 3.05) is 32.0 Å².